The Morgan fingerprint density at radius 3 is 2.64 bits per heavy atom. The van der Waals surface area contributed by atoms with E-state index in [1.54, 1.807) is 6.92 Å². The number of ether oxygens (including phenoxy) is 1. The summed E-state index contributed by atoms with van der Waals surface area (Å²) >= 11 is 5.80. The van der Waals surface area contributed by atoms with Crippen molar-refractivity contribution < 1.29 is 14.3 Å². The first-order chi connectivity index (χ1) is 12.0. The maximum atomic E-state index is 12.3. The lowest BCUT2D eigenvalue weighted by Gasteiger charge is -2.28. The van der Waals surface area contributed by atoms with E-state index in [-0.39, 0.29) is 11.7 Å². The van der Waals surface area contributed by atoms with Crippen molar-refractivity contribution in [2.45, 2.75) is 45.4 Å². The Morgan fingerprint density at radius 2 is 2.16 bits per heavy atom. The second-order valence-corrected chi connectivity index (χ2v) is 5.89. The summed E-state index contributed by atoms with van der Waals surface area (Å²) in [6, 6.07) is 8.05. The summed E-state index contributed by atoms with van der Waals surface area (Å²) in [7, 11) is 0. The quantitative estimate of drug-likeness (QED) is 0.275. The van der Waals surface area contributed by atoms with E-state index in [1.165, 1.54) is 0 Å². The predicted octanol–water partition coefficient (Wildman–Crippen LogP) is 4.77. The number of rotatable bonds is 9. The van der Waals surface area contributed by atoms with Gasteiger partial charge in [-0.25, -0.2) is 0 Å². The fourth-order valence-electron chi connectivity index (χ4n) is 2.38. The summed E-state index contributed by atoms with van der Waals surface area (Å²) in [5.74, 6) is 2.70. The highest BCUT2D eigenvalue weighted by Crippen LogP contribution is 2.32. The standard InChI is InChI=1S/C18H21ClO.C3H6O2/c1-4-6-7-12-18(3,17(20)14-19)16-11-8-10-15(13-16)9-5-2;1-2-5-3-4/h1,5,8-11,13H,6-7,12,14H2,2-3H3;3H,2H2,1H3/b9-5+;. The van der Waals surface area contributed by atoms with Gasteiger partial charge in [0, 0.05) is 6.42 Å². The van der Waals surface area contributed by atoms with Crippen molar-refractivity contribution in [1.29, 1.82) is 0 Å². The molecule has 1 rings (SSSR count). The molecule has 0 aliphatic carbocycles. The molecule has 0 heterocycles. The minimum absolute atomic E-state index is 0.0282. The zero-order chi connectivity index (χ0) is 19.1. The molecule has 4 heteroatoms. The highest BCUT2D eigenvalue weighted by Gasteiger charge is 2.33. The van der Waals surface area contributed by atoms with E-state index in [9.17, 15) is 9.59 Å². The topological polar surface area (TPSA) is 43.4 Å². The molecule has 3 nitrogen and oxygen atoms in total. The lowest BCUT2D eigenvalue weighted by molar-refractivity contribution is -0.128. The molecular formula is C21H27ClO3. The van der Waals surface area contributed by atoms with Gasteiger partial charge in [-0.1, -0.05) is 36.4 Å². The van der Waals surface area contributed by atoms with Gasteiger partial charge < -0.3 is 4.74 Å². The summed E-state index contributed by atoms with van der Waals surface area (Å²) in [6.45, 7) is 6.60. The second kappa shape index (κ2) is 13.3. The third kappa shape index (κ3) is 8.05. The Labute approximate surface area is 156 Å². The van der Waals surface area contributed by atoms with Crippen LogP contribution in [0.15, 0.2) is 30.3 Å². The van der Waals surface area contributed by atoms with Crippen LogP contribution < -0.4 is 0 Å². The van der Waals surface area contributed by atoms with Gasteiger partial charge in [-0.15, -0.1) is 23.9 Å². The van der Waals surface area contributed by atoms with Crippen LogP contribution in [0.4, 0.5) is 0 Å². The number of halogens is 1. The molecule has 0 bridgehead atoms. The summed E-state index contributed by atoms with van der Waals surface area (Å²) in [5, 5.41) is 0. The van der Waals surface area contributed by atoms with Crippen LogP contribution in [0.2, 0.25) is 0 Å². The molecule has 25 heavy (non-hydrogen) atoms. The maximum absolute atomic E-state index is 12.3. The third-order valence-electron chi connectivity index (χ3n) is 3.85. The van der Waals surface area contributed by atoms with E-state index in [2.05, 4.69) is 16.7 Å². The number of terminal acetylenes is 1. The van der Waals surface area contributed by atoms with Crippen molar-refractivity contribution in [2.75, 3.05) is 12.5 Å². The number of ketones is 1. The van der Waals surface area contributed by atoms with Gasteiger partial charge in [-0.05, 0) is 44.7 Å². The van der Waals surface area contributed by atoms with Crippen molar-refractivity contribution in [1.82, 2.24) is 0 Å². The van der Waals surface area contributed by atoms with Crippen LogP contribution in [-0.2, 0) is 19.7 Å². The van der Waals surface area contributed by atoms with E-state index < -0.39 is 5.41 Å². The van der Waals surface area contributed by atoms with E-state index in [0.29, 0.717) is 19.5 Å². The Balaban J connectivity index is 0.00000101. The number of carbonyl (C=O) groups excluding carboxylic acids is 2. The van der Waals surface area contributed by atoms with Gasteiger partial charge in [0.2, 0.25) is 0 Å². The number of alkyl halides is 1. The van der Waals surface area contributed by atoms with Gasteiger partial charge >= 0.3 is 0 Å². The molecule has 1 aromatic rings. The van der Waals surface area contributed by atoms with Crippen molar-refractivity contribution in [3.8, 4) is 12.3 Å². The van der Waals surface area contributed by atoms with E-state index in [4.69, 9.17) is 18.0 Å². The summed E-state index contributed by atoms with van der Waals surface area (Å²) in [6.07, 6.45) is 11.5. The van der Waals surface area contributed by atoms with Crippen molar-refractivity contribution in [3.05, 3.63) is 41.5 Å². The number of Topliss-reactive ketones (excluding diaryl/α,β-unsaturated/α-hetero) is 1. The largest absolute Gasteiger partial charge is 0.468 e. The molecule has 0 spiro atoms. The Bertz CT molecular complexity index is 601. The van der Waals surface area contributed by atoms with Crippen LogP contribution >= 0.6 is 11.6 Å². The van der Waals surface area contributed by atoms with E-state index >= 15 is 0 Å². The normalized spacial score (nSPS) is 12.4. The zero-order valence-electron chi connectivity index (χ0n) is 15.3. The first kappa shape index (κ1) is 22.9. The Kier molecular flexibility index (Phi) is 12.2. The van der Waals surface area contributed by atoms with Crippen LogP contribution in [0.25, 0.3) is 6.08 Å². The molecule has 0 aliphatic heterocycles. The summed E-state index contributed by atoms with van der Waals surface area (Å²) < 4.78 is 4.15. The molecule has 0 aromatic heterocycles. The highest BCUT2D eigenvalue weighted by molar-refractivity contribution is 6.29. The van der Waals surface area contributed by atoms with Crippen LogP contribution in [0.5, 0.6) is 0 Å². The second-order valence-electron chi connectivity index (χ2n) is 5.62. The molecule has 136 valence electrons. The Morgan fingerprint density at radius 1 is 1.44 bits per heavy atom. The molecule has 0 saturated carbocycles. The average Bonchev–Trinajstić information content (AvgIpc) is 2.63. The molecule has 0 aliphatic rings. The molecule has 0 saturated heterocycles. The summed E-state index contributed by atoms with van der Waals surface area (Å²) in [5.41, 5.74) is 1.54. The van der Waals surface area contributed by atoms with E-state index in [0.717, 1.165) is 24.0 Å². The molecule has 0 radical (unpaired) electrons. The van der Waals surface area contributed by atoms with Gasteiger partial charge in [0.25, 0.3) is 6.47 Å². The molecule has 1 unspecified atom stereocenters. The molecule has 0 fully saturated rings. The molecular weight excluding hydrogens is 336 g/mol. The van der Waals surface area contributed by atoms with Crippen molar-refractivity contribution in [3.63, 3.8) is 0 Å². The fraction of sp³-hybridized carbons (Fsp3) is 0.429. The zero-order valence-corrected chi connectivity index (χ0v) is 16.0. The average molecular weight is 363 g/mol. The lowest BCUT2D eigenvalue weighted by Crippen LogP contribution is -2.33. The minimum Gasteiger partial charge on any atom is -0.468 e. The fourth-order valence-corrected chi connectivity index (χ4v) is 2.68. The summed E-state index contributed by atoms with van der Waals surface area (Å²) in [4.78, 5) is 21.5. The SMILES string of the molecule is C#CCCCC(C)(C(=O)CCl)c1cccc(/C=C/C)c1.CCOC=O. The van der Waals surface area contributed by atoms with Crippen LogP contribution in [-0.4, -0.2) is 24.7 Å². The predicted molar refractivity (Wildman–Crippen MR) is 105 cm³/mol. The number of carbonyl (C=O) groups is 2. The van der Waals surface area contributed by atoms with Crippen LogP contribution in [0.3, 0.4) is 0 Å². The van der Waals surface area contributed by atoms with Crippen LogP contribution in [0.1, 0.15) is 51.2 Å². The van der Waals surface area contributed by atoms with Gasteiger partial charge in [0.15, 0.2) is 5.78 Å². The molecule has 1 atom stereocenters. The van der Waals surface area contributed by atoms with Gasteiger partial charge in [-0.3, -0.25) is 9.59 Å². The third-order valence-corrected chi connectivity index (χ3v) is 4.10. The number of hydrogen-bond donors (Lipinski definition) is 0. The first-order valence-corrected chi connectivity index (χ1v) is 8.84. The Hall–Kier alpha value is -2.05. The van der Waals surface area contributed by atoms with Gasteiger partial charge in [0.05, 0.1) is 17.9 Å². The first-order valence-electron chi connectivity index (χ1n) is 8.31. The monoisotopic (exact) mass is 362 g/mol. The number of benzene rings is 1. The molecule has 0 amide bonds. The number of unbranched alkanes of at least 4 members (excludes halogenated alkanes) is 1. The van der Waals surface area contributed by atoms with Crippen molar-refractivity contribution in [2.24, 2.45) is 0 Å². The lowest BCUT2D eigenvalue weighted by atomic mass is 9.74. The van der Waals surface area contributed by atoms with E-state index in [1.807, 2.05) is 44.2 Å². The molecule has 0 N–H and O–H groups in total. The van der Waals surface area contributed by atoms with Gasteiger partial charge in [0.1, 0.15) is 0 Å². The highest BCUT2D eigenvalue weighted by atomic mass is 35.5. The number of hydrogen-bond acceptors (Lipinski definition) is 3. The number of allylic oxidation sites excluding steroid dienone is 1. The van der Waals surface area contributed by atoms with Crippen molar-refractivity contribution >= 4 is 29.9 Å². The maximum Gasteiger partial charge on any atom is 0.293 e. The molecule has 1 aromatic carbocycles. The minimum atomic E-state index is -0.559. The van der Waals surface area contributed by atoms with Crippen LogP contribution in [0, 0.1) is 12.3 Å². The van der Waals surface area contributed by atoms with Gasteiger partial charge in [-0.2, -0.15) is 0 Å². The smallest absolute Gasteiger partial charge is 0.293 e.